The van der Waals surface area contributed by atoms with E-state index in [0.29, 0.717) is 0 Å². The second-order valence-corrected chi connectivity index (χ2v) is 4.27. The zero-order valence-electron chi connectivity index (χ0n) is 9.72. The van der Waals surface area contributed by atoms with E-state index in [1.807, 2.05) is 37.3 Å². The normalized spacial score (nSPS) is 29.4. The molecule has 1 aliphatic heterocycles. The Hall–Kier alpha value is -1.35. The topological polar surface area (TPSA) is 44.6 Å². The predicted octanol–water partition coefficient (Wildman–Crippen LogP) is 1.77. The van der Waals surface area contributed by atoms with Gasteiger partial charge in [-0.05, 0) is 6.42 Å². The monoisotopic (exact) mass is 218 g/mol. The van der Waals surface area contributed by atoms with Crippen LogP contribution >= 0.6 is 0 Å². The summed E-state index contributed by atoms with van der Waals surface area (Å²) >= 11 is 0. The molecule has 3 heteroatoms. The molecule has 16 heavy (non-hydrogen) atoms. The van der Waals surface area contributed by atoms with E-state index >= 15 is 0 Å². The molecule has 3 unspecified atom stereocenters. The zero-order chi connectivity index (χ0) is 11.5. The summed E-state index contributed by atoms with van der Waals surface area (Å²) < 4.78 is 0. The van der Waals surface area contributed by atoms with E-state index in [4.69, 9.17) is 0 Å². The van der Waals surface area contributed by atoms with Crippen LogP contribution in [0, 0.1) is 5.92 Å². The largest absolute Gasteiger partial charge is 0.373 e. The summed E-state index contributed by atoms with van der Waals surface area (Å²) in [5, 5.41) is 13.0. The van der Waals surface area contributed by atoms with Gasteiger partial charge in [0.15, 0.2) is 0 Å². The van der Waals surface area contributed by atoms with E-state index in [0.717, 1.165) is 17.8 Å². The summed E-state index contributed by atoms with van der Waals surface area (Å²) in [6, 6.07) is 10.1. The summed E-state index contributed by atoms with van der Waals surface area (Å²) in [5.74, 6) is 0.968. The van der Waals surface area contributed by atoms with Crippen molar-refractivity contribution in [2.24, 2.45) is 10.9 Å². The maximum absolute atomic E-state index is 9.92. The predicted molar refractivity (Wildman–Crippen MR) is 65.4 cm³/mol. The van der Waals surface area contributed by atoms with Gasteiger partial charge in [-0.2, -0.15) is 0 Å². The second kappa shape index (κ2) is 4.66. The van der Waals surface area contributed by atoms with Crippen molar-refractivity contribution in [2.75, 3.05) is 0 Å². The van der Waals surface area contributed by atoms with E-state index in [2.05, 4.69) is 17.2 Å². The summed E-state index contributed by atoms with van der Waals surface area (Å²) in [6.07, 6.45) is 0.452. The number of rotatable bonds is 2. The first-order valence-electron chi connectivity index (χ1n) is 5.80. The Balaban J connectivity index is 2.29. The molecule has 0 aliphatic carbocycles. The van der Waals surface area contributed by atoms with Gasteiger partial charge in [-0.1, -0.05) is 44.2 Å². The average Bonchev–Trinajstić information content (AvgIpc) is 2.33. The van der Waals surface area contributed by atoms with E-state index in [1.165, 1.54) is 0 Å². The van der Waals surface area contributed by atoms with Crippen molar-refractivity contribution in [3.63, 3.8) is 0 Å². The van der Waals surface area contributed by atoms with Crippen molar-refractivity contribution in [1.29, 1.82) is 0 Å². The molecular weight excluding hydrogens is 200 g/mol. The molecule has 2 N–H and O–H groups in total. The Labute approximate surface area is 96.2 Å². The zero-order valence-corrected chi connectivity index (χ0v) is 9.72. The van der Waals surface area contributed by atoms with Crippen LogP contribution in [0.25, 0.3) is 0 Å². The van der Waals surface area contributed by atoms with E-state index in [9.17, 15) is 5.11 Å². The Morgan fingerprint density at radius 3 is 2.62 bits per heavy atom. The highest BCUT2D eigenvalue weighted by Gasteiger charge is 2.28. The Morgan fingerprint density at radius 2 is 2.00 bits per heavy atom. The average molecular weight is 218 g/mol. The van der Waals surface area contributed by atoms with Gasteiger partial charge in [0.2, 0.25) is 0 Å². The van der Waals surface area contributed by atoms with Gasteiger partial charge in [0.1, 0.15) is 12.1 Å². The fourth-order valence-electron chi connectivity index (χ4n) is 2.02. The number of aliphatic imine (C=N–C) groups is 1. The first-order chi connectivity index (χ1) is 7.72. The number of nitrogens with one attached hydrogen (secondary N) is 1. The highest BCUT2D eigenvalue weighted by Crippen LogP contribution is 2.19. The lowest BCUT2D eigenvalue weighted by molar-refractivity contribution is 0.0807. The summed E-state index contributed by atoms with van der Waals surface area (Å²) in [6.45, 7) is 4.13. The van der Waals surface area contributed by atoms with Crippen molar-refractivity contribution in [2.45, 2.75) is 32.5 Å². The lowest BCUT2D eigenvalue weighted by atomic mass is 9.96. The van der Waals surface area contributed by atoms with Crippen LogP contribution in [-0.4, -0.2) is 23.2 Å². The lowest BCUT2D eigenvalue weighted by Crippen LogP contribution is -2.48. The van der Waals surface area contributed by atoms with Crippen LogP contribution in [-0.2, 0) is 0 Å². The van der Waals surface area contributed by atoms with Crippen LogP contribution in [0.15, 0.2) is 35.3 Å². The van der Waals surface area contributed by atoms with Crippen LogP contribution < -0.4 is 5.32 Å². The Kier molecular flexibility index (Phi) is 3.25. The van der Waals surface area contributed by atoms with Gasteiger partial charge in [-0.15, -0.1) is 0 Å². The van der Waals surface area contributed by atoms with Crippen LogP contribution in [0.2, 0.25) is 0 Å². The molecule has 2 rings (SSSR count). The summed E-state index contributed by atoms with van der Waals surface area (Å²) in [4.78, 5) is 4.65. The molecule has 1 aromatic carbocycles. The first-order valence-corrected chi connectivity index (χ1v) is 5.80. The molecule has 1 heterocycles. The van der Waals surface area contributed by atoms with Gasteiger partial charge in [0.05, 0.1) is 6.04 Å². The Morgan fingerprint density at radius 1 is 1.31 bits per heavy atom. The van der Waals surface area contributed by atoms with Crippen molar-refractivity contribution in [3.8, 4) is 0 Å². The fourth-order valence-corrected chi connectivity index (χ4v) is 2.02. The lowest BCUT2D eigenvalue weighted by Gasteiger charge is -2.32. The van der Waals surface area contributed by atoms with Crippen LogP contribution in [0.1, 0.15) is 25.8 Å². The molecule has 0 saturated heterocycles. The third-order valence-corrected chi connectivity index (χ3v) is 3.15. The molecule has 86 valence electrons. The molecule has 0 bridgehead atoms. The first kappa shape index (κ1) is 11.1. The third-order valence-electron chi connectivity index (χ3n) is 3.15. The van der Waals surface area contributed by atoms with Gasteiger partial charge in [0, 0.05) is 11.5 Å². The third kappa shape index (κ3) is 2.09. The number of hydrogen-bond acceptors (Lipinski definition) is 3. The molecule has 0 fully saturated rings. The van der Waals surface area contributed by atoms with Crippen molar-refractivity contribution in [3.05, 3.63) is 35.9 Å². The van der Waals surface area contributed by atoms with Crippen molar-refractivity contribution in [1.82, 2.24) is 5.32 Å². The minimum Gasteiger partial charge on any atom is -0.373 e. The maximum atomic E-state index is 9.92. The quantitative estimate of drug-likeness (QED) is 0.794. The van der Waals surface area contributed by atoms with E-state index in [1.54, 1.807) is 0 Å². The number of amidine groups is 1. The number of nitrogens with zero attached hydrogens (tertiary/aromatic N) is 1. The van der Waals surface area contributed by atoms with Gasteiger partial charge in [-0.3, -0.25) is 4.99 Å². The van der Waals surface area contributed by atoms with Gasteiger partial charge >= 0.3 is 0 Å². The number of aliphatic hydroxyl groups excluding tert-OH is 1. The smallest absolute Gasteiger partial charge is 0.130 e. The molecular formula is C13H18N2O. The maximum Gasteiger partial charge on any atom is 0.130 e. The van der Waals surface area contributed by atoms with Gasteiger partial charge in [-0.25, -0.2) is 0 Å². The summed E-state index contributed by atoms with van der Waals surface area (Å²) in [5.41, 5.74) is 1.03. The number of benzene rings is 1. The van der Waals surface area contributed by atoms with Crippen LogP contribution in [0.4, 0.5) is 0 Å². The highest BCUT2D eigenvalue weighted by atomic mass is 16.3. The molecule has 1 aliphatic rings. The molecule has 3 nitrogen and oxygen atoms in total. The standard InChI is InChI=1S/C13H18N2O/c1-3-11-9(2)13(16)15-12(14-11)10-7-5-4-6-8-10/h4-9,11,13,16H,3H2,1-2H3,(H,14,15). The molecule has 3 atom stereocenters. The van der Waals surface area contributed by atoms with Crippen molar-refractivity contribution < 1.29 is 5.11 Å². The molecule has 1 aromatic rings. The second-order valence-electron chi connectivity index (χ2n) is 4.27. The number of hydrogen-bond donors (Lipinski definition) is 2. The SMILES string of the molecule is CCC1N=C(c2ccccc2)NC(O)C1C. The highest BCUT2D eigenvalue weighted by molar-refractivity contribution is 5.99. The summed E-state index contributed by atoms with van der Waals surface area (Å²) in [7, 11) is 0. The van der Waals surface area contributed by atoms with Gasteiger partial charge < -0.3 is 10.4 Å². The Bertz CT molecular complexity index is 375. The molecule has 0 spiro atoms. The van der Waals surface area contributed by atoms with Crippen LogP contribution in [0.5, 0.6) is 0 Å². The molecule has 0 amide bonds. The molecule has 0 radical (unpaired) electrons. The molecule has 0 saturated carbocycles. The van der Waals surface area contributed by atoms with E-state index in [-0.39, 0.29) is 12.0 Å². The minimum atomic E-state index is -0.502. The molecule has 0 aromatic heterocycles. The van der Waals surface area contributed by atoms with Crippen LogP contribution in [0.3, 0.4) is 0 Å². The van der Waals surface area contributed by atoms with Crippen molar-refractivity contribution >= 4 is 5.84 Å². The fraction of sp³-hybridized carbons (Fsp3) is 0.462. The number of aliphatic hydroxyl groups is 1. The van der Waals surface area contributed by atoms with E-state index < -0.39 is 6.23 Å². The van der Waals surface area contributed by atoms with Gasteiger partial charge in [0.25, 0.3) is 0 Å². The minimum absolute atomic E-state index is 0.164.